The Morgan fingerprint density at radius 2 is 0.600 bits per heavy atom. The predicted octanol–water partition coefficient (Wildman–Crippen LogP) is 8.12. The van der Waals surface area contributed by atoms with Gasteiger partial charge >= 0.3 is 0 Å². The number of nitrogens with zero attached hydrogens (tertiary/aromatic N) is 1. The van der Waals surface area contributed by atoms with Crippen LogP contribution >= 0.6 is 0 Å². The van der Waals surface area contributed by atoms with E-state index in [9.17, 15) is 0 Å². The summed E-state index contributed by atoms with van der Waals surface area (Å²) in [5, 5.41) is 0. The van der Waals surface area contributed by atoms with Crippen molar-refractivity contribution in [2.45, 2.75) is 129 Å². The molecule has 0 aromatic carbocycles. The minimum absolute atomic E-state index is 1.24. The summed E-state index contributed by atoms with van der Waals surface area (Å²) in [6.07, 6.45) is 26.1. The standard InChI is InChI=1S/C24H52N/c1-5-7-9-11-12-13-14-15-16-17-18-19-20-22-24-25(3,4)23-21-10-8-6-2/h5-24H2,1-4H3/q+1. The van der Waals surface area contributed by atoms with Crippen LogP contribution in [0.25, 0.3) is 0 Å². The van der Waals surface area contributed by atoms with Crippen molar-refractivity contribution in [2.24, 2.45) is 0 Å². The van der Waals surface area contributed by atoms with E-state index in [1.165, 1.54) is 133 Å². The molecule has 0 amide bonds. The van der Waals surface area contributed by atoms with Crippen LogP contribution < -0.4 is 0 Å². The van der Waals surface area contributed by atoms with Crippen molar-refractivity contribution in [1.29, 1.82) is 0 Å². The first-order valence-electron chi connectivity index (χ1n) is 11.9. The summed E-state index contributed by atoms with van der Waals surface area (Å²) in [6, 6.07) is 0. The minimum atomic E-state index is 1.24. The molecule has 0 atom stereocenters. The molecule has 0 aliphatic carbocycles. The molecular formula is C24H52N+. The summed E-state index contributed by atoms with van der Waals surface area (Å²) < 4.78 is 1.24. The van der Waals surface area contributed by atoms with E-state index in [0.717, 1.165) is 0 Å². The maximum Gasteiger partial charge on any atom is 0.0782 e. The number of hydrogen-bond donors (Lipinski definition) is 0. The SMILES string of the molecule is CCCCCCCCCCCCCCCC[N+](C)(C)CCCCCC. The molecule has 0 fully saturated rings. The number of hydrogen-bond acceptors (Lipinski definition) is 0. The smallest absolute Gasteiger partial charge is 0.0782 e. The molecule has 0 N–H and O–H groups in total. The second kappa shape index (κ2) is 18.7. The zero-order chi connectivity index (χ0) is 18.6. The van der Waals surface area contributed by atoms with Crippen molar-refractivity contribution in [1.82, 2.24) is 0 Å². The van der Waals surface area contributed by atoms with Crippen LogP contribution in [-0.4, -0.2) is 31.7 Å². The van der Waals surface area contributed by atoms with Crippen molar-refractivity contribution < 1.29 is 4.48 Å². The first kappa shape index (κ1) is 25.0. The summed E-state index contributed by atoms with van der Waals surface area (Å²) in [7, 11) is 4.85. The molecule has 152 valence electrons. The Bertz CT molecular complexity index is 246. The van der Waals surface area contributed by atoms with Gasteiger partial charge in [-0.3, -0.25) is 0 Å². The molecule has 0 saturated carbocycles. The molecule has 0 aromatic rings. The third-order valence-corrected chi connectivity index (χ3v) is 5.73. The summed E-state index contributed by atoms with van der Waals surface area (Å²) in [4.78, 5) is 0. The van der Waals surface area contributed by atoms with Gasteiger partial charge in [0, 0.05) is 0 Å². The summed E-state index contributed by atoms with van der Waals surface area (Å²) in [6.45, 7) is 7.35. The molecule has 25 heavy (non-hydrogen) atoms. The third-order valence-electron chi connectivity index (χ3n) is 5.73. The lowest BCUT2D eigenvalue weighted by Gasteiger charge is -2.30. The molecule has 0 heterocycles. The van der Waals surface area contributed by atoms with Crippen molar-refractivity contribution in [3.05, 3.63) is 0 Å². The minimum Gasteiger partial charge on any atom is -0.328 e. The van der Waals surface area contributed by atoms with Crippen LogP contribution in [0.4, 0.5) is 0 Å². The van der Waals surface area contributed by atoms with Gasteiger partial charge < -0.3 is 4.48 Å². The summed E-state index contributed by atoms with van der Waals surface area (Å²) in [5.74, 6) is 0. The van der Waals surface area contributed by atoms with Crippen LogP contribution in [0.1, 0.15) is 129 Å². The van der Waals surface area contributed by atoms with E-state index in [1.807, 2.05) is 0 Å². The maximum absolute atomic E-state index is 2.42. The van der Waals surface area contributed by atoms with Gasteiger partial charge in [-0.1, -0.05) is 104 Å². The Morgan fingerprint density at radius 3 is 0.920 bits per heavy atom. The molecule has 0 saturated heterocycles. The molecule has 0 aliphatic rings. The van der Waals surface area contributed by atoms with E-state index in [2.05, 4.69) is 27.9 Å². The van der Waals surface area contributed by atoms with Crippen LogP contribution in [-0.2, 0) is 0 Å². The lowest BCUT2D eigenvalue weighted by Crippen LogP contribution is -2.41. The normalized spacial score (nSPS) is 12.0. The van der Waals surface area contributed by atoms with E-state index < -0.39 is 0 Å². The fourth-order valence-electron chi connectivity index (χ4n) is 3.81. The van der Waals surface area contributed by atoms with Gasteiger partial charge in [-0.2, -0.15) is 0 Å². The van der Waals surface area contributed by atoms with Crippen LogP contribution in [0.5, 0.6) is 0 Å². The van der Waals surface area contributed by atoms with Gasteiger partial charge in [0.05, 0.1) is 27.2 Å². The van der Waals surface area contributed by atoms with E-state index in [0.29, 0.717) is 0 Å². The number of quaternary nitrogens is 1. The number of unbranched alkanes of at least 4 members (excludes halogenated alkanes) is 16. The average Bonchev–Trinajstić information content (AvgIpc) is 2.59. The van der Waals surface area contributed by atoms with Crippen molar-refractivity contribution in [3.63, 3.8) is 0 Å². The van der Waals surface area contributed by atoms with Gasteiger partial charge in [-0.05, 0) is 25.7 Å². The zero-order valence-corrected chi connectivity index (χ0v) is 18.6. The van der Waals surface area contributed by atoms with Gasteiger partial charge in [-0.15, -0.1) is 0 Å². The molecule has 0 rings (SSSR count). The molecule has 1 nitrogen and oxygen atoms in total. The van der Waals surface area contributed by atoms with Crippen molar-refractivity contribution in [2.75, 3.05) is 27.2 Å². The molecule has 0 radical (unpaired) electrons. The summed E-state index contributed by atoms with van der Waals surface area (Å²) >= 11 is 0. The van der Waals surface area contributed by atoms with Crippen LogP contribution in [0.3, 0.4) is 0 Å². The molecule has 0 aliphatic heterocycles. The third kappa shape index (κ3) is 20.1. The molecule has 0 aromatic heterocycles. The van der Waals surface area contributed by atoms with E-state index in [4.69, 9.17) is 0 Å². The second-order valence-corrected chi connectivity index (χ2v) is 9.04. The second-order valence-electron chi connectivity index (χ2n) is 9.04. The Hall–Kier alpha value is -0.0400. The van der Waals surface area contributed by atoms with E-state index in [1.54, 1.807) is 0 Å². The molecule has 0 spiro atoms. The lowest BCUT2D eigenvalue weighted by atomic mass is 10.0. The Labute approximate surface area is 161 Å². The highest BCUT2D eigenvalue weighted by Gasteiger charge is 2.13. The Kier molecular flexibility index (Phi) is 18.7. The Balaban J connectivity index is 3.22. The van der Waals surface area contributed by atoms with Gasteiger partial charge in [-0.25, -0.2) is 0 Å². The molecule has 0 unspecified atom stereocenters. The largest absolute Gasteiger partial charge is 0.328 e. The Morgan fingerprint density at radius 1 is 0.360 bits per heavy atom. The molecule has 1 heteroatoms. The van der Waals surface area contributed by atoms with Gasteiger partial charge in [0.25, 0.3) is 0 Å². The first-order chi connectivity index (χ1) is 12.1. The highest BCUT2D eigenvalue weighted by molar-refractivity contribution is 4.50. The summed E-state index contributed by atoms with van der Waals surface area (Å²) in [5.41, 5.74) is 0. The predicted molar refractivity (Wildman–Crippen MR) is 116 cm³/mol. The van der Waals surface area contributed by atoms with Gasteiger partial charge in [0.1, 0.15) is 0 Å². The fourth-order valence-corrected chi connectivity index (χ4v) is 3.81. The quantitative estimate of drug-likeness (QED) is 0.153. The van der Waals surface area contributed by atoms with Crippen LogP contribution in [0.15, 0.2) is 0 Å². The fraction of sp³-hybridized carbons (Fsp3) is 1.00. The highest BCUT2D eigenvalue weighted by Crippen LogP contribution is 2.14. The zero-order valence-electron chi connectivity index (χ0n) is 18.6. The van der Waals surface area contributed by atoms with Gasteiger partial charge in [0.15, 0.2) is 0 Å². The monoisotopic (exact) mass is 354 g/mol. The topological polar surface area (TPSA) is 0 Å². The van der Waals surface area contributed by atoms with Crippen molar-refractivity contribution >= 4 is 0 Å². The van der Waals surface area contributed by atoms with E-state index in [-0.39, 0.29) is 0 Å². The van der Waals surface area contributed by atoms with Crippen molar-refractivity contribution in [3.8, 4) is 0 Å². The van der Waals surface area contributed by atoms with Crippen LogP contribution in [0, 0.1) is 0 Å². The molecule has 0 bridgehead atoms. The lowest BCUT2D eigenvalue weighted by molar-refractivity contribution is -0.890. The van der Waals surface area contributed by atoms with E-state index >= 15 is 0 Å². The number of rotatable bonds is 20. The highest BCUT2D eigenvalue weighted by atomic mass is 15.3. The average molecular weight is 355 g/mol. The van der Waals surface area contributed by atoms with Crippen LogP contribution in [0.2, 0.25) is 0 Å². The maximum atomic E-state index is 2.42. The van der Waals surface area contributed by atoms with Gasteiger partial charge in [0.2, 0.25) is 0 Å². The molecular weight excluding hydrogens is 302 g/mol. The first-order valence-corrected chi connectivity index (χ1v) is 11.9.